The molecule has 1 aliphatic heterocycles. The highest BCUT2D eigenvalue weighted by Gasteiger charge is 2.26. The van der Waals surface area contributed by atoms with E-state index >= 15 is 0 Å². The van der Waals surface area contributed by atoms with Crippen LogP contribution in [0.15, 0.2) is 53.8 Å². The van der Waals surface area contributed by atoms with E-state index in [-0.39, 0.29) is 6.47 Å². The Morgan fingerprint density at radius 1 is 1.04 bits per heavy atom. The third-order valence-corrected chi connectivity index (χ3v) is 6.08. The van der Waals surface area contributed by atoms with Gasteiger partial charge < -0.3 is 5.11 Å². The summed E-state index contributed by atoms with van der Waals surface area (Å²) in [7, 11) is -3.36. The number of hydrogen-bond donors (Lipinski definition) is 1. The van der Waals surface area contributed by atoms with Gasteiger partial charge in [-0.2, -0.15) is 9.40 Å². The van der Waals surface area contributed by atoms with Gasteiger partial charge in [0.25, 0.3) is 6.47 Å². The Kier molecular flexibility index (Phi) is 5.29. The van der Waals surface area contributed by atoms with E-state index in [4.69, 9.17) is 9.90 Å². The van der Waals surface area contributed by atoms with E-state index in [1.165, 1.54) is 6.33 Å². The van der Waals surface area contributed by atoms with Gasteiger partial charge >= 0.3 is 0 Å². The van der Waals surface area contributed by atoms with Crippen molar-refractivity contribution in [1.82, 2.24) is 18.9 Å². The number of carbonyl (C=O) groups is 1. The summed E-state index contributed by atoms with van der Waals surface area (Å²) in [5, 5.41) is 11.0. The molecule has 0 atom stereocenters. The van der Waals surface area contributed by atoms with Crippen molar-refractivity contribution in [1.29, 1.82) is 0 Å². The zero-order valence-electron chi connectivity index (χ0n) is 13.9. The Hall–Kier alpha value is -2.78. The number of pyridine rings is 1. The van der Waals surface area contributed by atoms with Crippen molar-refractivity contribution in [2.45, 2.75) is 17.7 Å². The molecule has 9 heteroatoms. The topological polar surface area (TPSA) is 105 Å². The lowest BCUT2D eigenvalue weighted by molar-refractivity contribution is -0.122. The van der Waals surface area contributed by atoms with E-state index in [2.05, 4.69) is 10.1 Å². The SMILES string of the molecule is O=CO.O=S(=O)(c1ccc(-c2ccn3ncnc3c2)cc1)N1CCCC1. The molecule has 0 radical (unpaired) electrons. The van der Waals surface area contributed by atoms with Gasteiger partial charge in [-0.25, -0.2) is 17.9 Å². The Labute approximate surface area is 150 Å². The lowest BCUT2D eigenvalue weighted by atomic mass is 10.1. The van der Waals surface area contributed by atoms with E-state index < -0.39 is 10.0 Å². The Bertz CT molecular complexity index is 993. The van der Waals surface area contributed by atoms with Crippen LogP contribution in [0.4, 0.5) is 0 Å². The molecule has 2 aromatic heterocycles. The molecule has 1 saturated heterocycles. The van der Waals surface area contributed by atoms with E-state index in [0.717, 1.165) is 29.6 Å². The summed E-state index contributed by atoms with van der Waals surface area (Å²) in [6.07, 6.45) is 5.22. The molecule has 26 heavy (non-hydrogen) atoms. The molecule has 136 valence electrons. The highest BCUT2D eigenvalue weighted by molar-refractivity contribution is 7.89. The van der Waals surface area contributed by atoms with Crippen LogP contribution in [0.5, 0.6) is 0 Å². The number of benzene rings is 1. The van der Waals surface area contributed by atoms with Gasteiger partial charge in [0, 0.05) is 19.3 Å². The van der Waals surface area contributed by atoms with Crippen LogP contribution in [0.2, 0.25) is 0 Å². The molecular formula is C17H18N4O4S. The van der Waals surface area contributed by atoms with Crippen molar-refractivity contribution >= 4 is 22.1 Å². The number of aromatic nitrogens is 3. The Morgan fingerprint density at radius 2 is 1.69 bits per heavy atom. The first kappa shape index (κ1) is 18.0. The summed E-state index contributed by atoms with van der Waals surface area (Å²) in [6, 6.07) is 10.9. The van der Waals surface area contributed by atoms with Crippen LogP contribution in [0.25, 0.3) is 16.8 Å². The first-order chi connectivity index (χ1) is 12.6. The third kappa shape index (κ3) is 3.58. The molecule has 0 bridgehead atoms. The summed E-state index contributed by atoms with van der Waals surface area (Å²) in [6.45, 7) is 0.987. The number of carboxylic acid groups (broad SMARTS) is 1. The van der Waals surface area contributed by atoms with E-state index in [1.807, 2.05) is 30.5 Å². The smallest absolute Gasteiger partial charge is 0.290 e. The fraction of sp³-hybridized carbons (Fsp3) is 0.235. The standard InChI is InChI=1S/C16H16N4O2S.CH2O2/c21-23(22,19-8-1-2-9-19)15-5-3-13(4-6-15)14-7-10-20-16(11-14)17-12-18-20;2-1-3/h3-7,10-12H,1-2,8-9H2;1H,(H,2,3). The maximum Gasteiger partial charge on any atom is 0.290 e. The van der Waals surface area contributed by atoms with E-state index in [0.29, 0.717) is 18.0 Å². The molecule has 0 aliphatic carbocycles. The summed E-state index contributed by atoms with van der Waals surface area (Å²) >= 11 is 0. The van der Waals surface area contributed by atoms with Gasteiger partial charge in [0.2, 0.25) is 10.0 Å². The highest BCUT2D eigenvalue weighted by Crippen LogP contribution is 2.25. The van der Waals surface area contributed by atoms with Gasteiger partial charge in [-0.1, -0.05) is 12.1 Å². The van der Waals surface area contributed by atoms with E-state index in [1.54, 1.807) is 21.0 Å². The first-order valence-corrected chi connectivity index (χ1v) is 9.48. The molecule has 0 unspecified atom stereocenters. The fourth-order valence-electron chi connectivity index (χ4n) is 2.89. The lowest BCUT2D eigenvalue weighted by Crippen LogP contribution is -2.27. The fourth-order valence-corrected chi connectivity index (χ4v) is 4.41. The highest BCUT2D eigenvalue weighted by atomic mass is 32.2. The molecule has 0 saturated carbocycles. The number of fused-ring (bicyclic) bond motifs is 1. The second-order valence-corrected chi connectivity index (χ2v) is 7.66. The van der Waals surface area contributed by atoms with Gasteiger partial charge in [-0.05, 0) is 48.2 Å². The number of hydrogen-bond acceptors (Lipinski definition) is 5. The largest absolute Gasteiger partial charge is 0.483 e. The maximum atomic E-state index is 12.5. The van der Waals surface area contributed by atoms with Crippen molar-refractivity contribution in [2.75, 3.05) is 13.1 Å². The maximum absolute atomic E-state index is 12.5. The minimum atomic E-state index is -3.36. The summed E-state index contributed by atoms with van der Waals surface area (Å²) in [4.78, 5) is 12.9. The van der Waals surface area contributed by atoms with Gasteiger partial charge in [0.05, 0.1) is 4.90 Å². The summed E-state index contributed by atoms with van der Waals surface area (Å²) < 4.78 is 28.3. The van der Waals surface area contributed by atoms with Gasteiger partial charge in [-0.3, -0.25) is 4.79 Å². The van der Waals surface area contributed by atoms with Gasteiger partial charge in [0.1, 0.15) is 6.33 Å². The minimum absolute atomic E-state index is 0.250. The normalized spacial score (nSPS) is 14.8. The Balaban J connectivity index is 0.000000613. The average Bonchev–Trinajstić information content (AvgIpc) is 3.34. The van der Waals surface area contributed by atoms with Gasteiger partial charge in [0.15, 0.2) is 5.65 Å². The minimum Gasteiger partial charge on any atom is -0.483 e. The molecule has 4 rings (SSSR count). The molecule has 0 amide bonds. The molecule has 0 spiro atoms. The molecule has 1 N–H and O–H groups in total. The molecule has 3 aromatic rings. The average molecular weight is 374 g/mol. The molecular weight excluding hydrogens is 356 g/mol. The third-order valence-electron chi connectivity index (χ3n) is 4.17. The number of sulfonamides is 1. The summed E-state index contributed by atoms with van der Waals surface area (Å²) in [5.41, 5.74) is 2.70. The quantitative estimate of drug-likeness (QED) is 0.702. The zero-order chi connectivity index (χ0) is 18.6. The number of rotatable bonds is 3. The van der Waals surface area contributed by atoms with E-state index in [9.17, 15) is 8.42 Å². The molecule has 1 fully saturated rings. The second kappa shape index (κ2) is 7.63. The first-order valence-electron chi connectivity index (χ1n) is 8.04. The number of nitrogens with zero attached hydrogens (tertiary/aromatic N) is 4. The van der Waals surface area contributed by atoms with Crippen LogP contribution >= 0.6 is 0 Å². The van der Waals surface area contributed by atoms with Crippen molar-refractivity contribution in [3.05, 3.63) is 48.9 Å². The zero-order valence-corrected chi connectivity index (χ0v) is 14.7. The van der Waals surface area contributed by atoms with Crippen LogP contribution in [-0.2, 0) is 14.8 Å². The van der Waals surface area contributed by atoms with Crippen molar-refractivity contribution < 1.29 is 18.3 Å². The van der Waals surface area contributed by atoms with Crippen LogP contribution in [-0.4, -0.2) is 52.0 Å². The van der Waals surface area contributed by atoms with Crippen LogP contribution in [0, 0.1) is 0 Å². The lowest BCUT2D eigenvalue weighted by Gasteiger charge is -2.15. The summed E-state index contributed by atoms with van der Waals surface area (Å²) in [5.74, 6) is 0. The monoisotopic (exact) mass is 374 g/mol. The second-order valence-electron chi connectivity index (χ2n) is 5.72. The molecule has 3 heterocycles. The van der Waals surface area contributed by atoms with Crippen LogP contribution in [0.1, 0.15) is 12.8 Å². The van der Waals surface area contributed by atoms with Crippen molar-refractivity contribution in [3.8, 4) is 11.1 Å². The van der Waals surface area contributed by atoms with Crippen molar-refractivity contribution in [3.63, 3.8) is 0 Å². The molecule has 8 nitrogen and oxygen atoms in total. The Morgan fingerprint density at radius 3 is 2.35 bits per heavy atom. The van der Waals surface area contributed by atoms with Gasteiger partial charge in [-0.15, -0.1) is 0 Å². The predicted molar refractivity (Wildman–Crippen MR) is 95.1 cm³/mol. The molecule has 1 aromatic carbocycles. The van der Waals surface area contributed by atoms with Crippen LogP contribution < -0.4 is 0 Å². The van der Waals surface area contributed by atoms with Crippen LogP contribution in [0.3, 0.4) is 0 Å². The van der Waals surface area contributed by atoms with Crippen molar-refractivity contribution in [2.24, 2.45) is 0 Å². The molecule has 1 aliphatic rings. The predicted octanol–water partition coefficient (Wildman–Crippen LogP) is 1.88.